The average Bonchev–Trinajstić information content (AvgIpc) is 3.32. The number of fused-ring (bicyclic) bond motifs is 1. The van der Waals surface area contributed by atoms with Crippen molar-refractivity contribution in [3.63, 3.8) is 0 Å². The third kappa shape index (κ3) is 3.17. The van der Waals surface area contributed by atoms with Crippen molar-refractivity contribution in [3.05, 3.63) is 35.4 Å². The molecule has 26 heavy (non-hydrogen) atoms. The summed E-state index contributed by atoms with van der Waals surface area (Å²) in [4.78, 5) is 25.6. The van der Waals surface area contributed by atoms with Crippen LogP contribution in [0, 0.1) is 0 Å². The Hall–Kier alpha value is -2.80. The molecule has 12 nitrogen and oxygen atoms in total. The van der Waals surface area contributed by atoms with Crippen LogP contribution in [0.5, 0.6) is 0 Å². The summed E-state index contributed by atoms with van der Waals surface area (Å²) in [5.74, 6) is -0.0702. The van der Waals surface area contributed by atoms with Gasteiger partial charge in [0.05, 0.1) is 13.7 Å². The van der Waals surface area contributed by atoms with Gasteiger partial charge in [-0.1, -0.05) is 23.7 Å². The molecule has 0 saturated carbocycles. The number of hydrogen-bond acceptors (Lipinski definition) is 8. The first kappa shape index (κ1) is 18.0. The van der Waals surface area contributed by atoms with Gasteiger partial charge in [-0.15, -0.1) is 0 Å². The maximum Gasteiger partial charge on any atom is 0.313 e. The lowest BCUT2D eigenvalue weighted by Crippen LogP contribution is -2.46. The highest BCUT2D eigenvalue weighted by atomic mass is 16.6. The van der Waals surface area contributed by atoms with Crippen LogP contribution >= 0.6 is 0 Å². The van der Waals surface area contributed by atoms with E-state index in [1.54, 1.807) is 19.4 Å². The second kappa shape index (κ2) is 7.21. The summed E-state index contributed by atoms with van der Waals surface area (Å²) in [6.45, 7) is -0.434. The maximum absolute atomic E-state index is 11.9. The lowest BCUT2D eigenvalue weighted by Gasteiger charge is -2.11. The molecule has 1 fully saturated rings. The van der Waals surface area contributed by atoms with Crippen molar-refractivity contribution in [1.82, 2.24) is 24.5 Å². The van der Waals surface area contributed by atoms with Crippen LogP contribution < -0.4 is 20.8 Å². The van der Waals surface area contributed by atoms with E-state index in [1.165, 1.54) is 21.8 Å². The highest BCUT2D eigenvalue weighted by Gasteiger charge is 2.46. The Morgan fingerprint density at radius 1 is 1.46 bits per heavy atom. The lowest BCUT2D eigenvalue weighted by molar-refractivity contribution is -0.745. The molecule has 0 aromatic carbocycles. The van der Waals surface area contributed by atoms with Gasteiger partial charge in [-0.2, -0.15) is 0 Å². The fourth-order valence-electron chi connectivity index (χ4n) is 2.76. The molecule has 0 unspecified atom stereocenters. The summed E-state index contributed by atoms with van der Waals surface area (Å²) < 4.78 is 8.35. The molecule has 0 bridgehead atoms. The number of ether oxygens (including phenoxy) is 1. The van der Waals surface area contributed by atoms with E-state index in [1.807, 2.05) is 0 Å². The zero-order valence-electron chi connectivity index (χ0n) is 13.8. The molecule has 0 amide bonds. The number of nitrogens with zero attached hydrogens (tertiary/aromatic N) is 5. The lowest BCUT2D eigenvalue weighted by atomic mass is 10.1. The Balaban J connectivity index is 0.000000339. The van der Waals surface area contributed by atoms with Gasteiger partial charge in [0.2, 0.25) is 11.7 Å². The SMILES string of the molecule is Cn1c[n+]([C@@H]2O[C@H](CO)[C@@H](O)[C@H]2O)c2nc(N)[nH]c(=O)c21.c1c[n-]cn1. The van der Waals surface area contributed by atoms with Crippen LogP contribution in [0.4, 0.5) is 5.95 Å². The number of aryl methyl sites for hydroxylation is 1. The van der Waals surface area contributed by atoms with Crippen LogP contribution in [0.1, 0.15) is 6.23 Å². The molecule has 6 N–H and O–H groups in total. The van der Waals surface area contributed by atoms with Crippen molar-refractivity contribution < 1.29 is 24.6 Å². The first-order valence-corrected chi connectivity index (χ1v) is 7.69. The topological polar surface area (TPSA) is 177 Å². The van der Waals surface area contributed by atoms with Gasteiger partial charge in [0.15, 0.2) is 6.33 Å². The highest BCUT2D eigenvalue weighted by Crippen LogP contribution is 2.26. The van der Waals surface area contributed by atoms with Crippen LogP contribution in [0.15, 0.2) is 29.8 Å². The van der Waals surface area contributed by atoms with Crippen molar-refractivity contribution in [2.24, 2.45) is 7.05 Å². The van der Waals surface area contributed by atoms with Crippen molar-refractivity contribution in [3.8, 4) is 0 Å². The Kier molecular flexibility index (Phi) is 4.99. The molecular weight excluding hydrogens is 346 g/mol. The predicted octanol–water partition coefficient (Wildman–Crippen LogP) is -3.22. The number of nitrogens with two attached hydrogens (primary N) is 1. The molecule has 0 spiro atoms. The van der Waals surface area contributed by atoms with Crippen molar-refractivity contribution in [2.45, 2.75) is 24.5 Å². The Morgan fingerprint density at radius 3 is 2.77 bits per heavy atom. The molecule has 12 heteroatoms. The van der Waals surface area contributed by atoms with Crippen LogP contribution in [0.2, 0.25) is 0 Å². The predicted molar refractivity (Wildman–Crippen MR) is 86.5 cm³/mol. The molecule has 0 aliphatic carbocycles. The van der Waals surface area contributed by atoms with Crippen LogP contribution in [0.3, 0.4) is 0 Å². The monoisotopic (exact) mass is 365 g/mol. The number of aromatic amines is 1. The van der Waals surface area contributed by atoms with E-state index in [-0.39, 0.29) is 17.1 Å². The summed E-state index contributed by atoms with van der Waals surface area (Å²) in [6.07, 6.45) is 1.90. The molecule has 1 aliphatic heterocycles. The fourth-order valence-corrected chi connectivity index (χ4v) is 2.76. The minimum atomic E-state index is -1.26. The molecule has 140 valence electrons. The summed E-state index contributed by atoms with van der Waals surface area (Å²) in [6, 6.07) is 0. The number of hydrogen-bond donors (Lipinski definition) is 5. The number of imidazole rings is 2. The summed E-state index contributed by atoms with van der Waals surface area (Å²) in [7, 11) is 1.63. The molecular formula is C14H19N7O5. The number of nitrogens with one attached hydrogen (secondary N) is 1. The first-order valence-electron chi connectivity index (χ1n) is 7.69. The number of aromatic nitrogens is 6. The van der Waals surface area contributed by atoms with Gasteiger partial charge in [0.1, 0.15) is 18.3 Å². The maximum atomic E-state index is 11.9. The second-order valence-electron chi connectivity index (χ2n) is 5.70. The number of nitrogen functional groups attached to an aromatic ring is 1. The quantitative estimate of drug-likeness (QED) is 0.292. The van der Waals surface area contributed by atoms with Crippen molar-refractivity contribution >= 4 is 17.1 Å². The molecule has 1 aliphatic rings. The van der Waals surface area contributed by atoms with Gasteiger partial charge in [-0.3, -0.25) is 14.3 Å². The number of anilines is 1. The molecule has 0 radical (unpaired) electrons. The number of H-pyrrole nitrogens is 1. The standard InChI is InChI=1S/C11H15N5O5.C3H3N2/c1-15-3-16(8-5(15)9(20)14-11(12)13-8)10-7(19)6(18)4(2-17)21-10;1-2-5-3-4-1/h3-4,6-7,10,17-19H,2H2,1H3,(H2-,12,13,14,20);1-3H/q;-1/p+1/t4-,6-,7-,10-;/m1./s1. The smallest absolute Gasteiger partial charge is 0.313 e. The van der Waals surface area contributed by atoms with E-state index in [0.717, 1.165) is 0 Å². The van der Waals surface area contributed by atoms with Gasteiger partial charge in [0, 0.05) is 0 Å². The summed E-state index contributed by atoms with van der Waals surface area (Å²) in [5.41, 5.74) is 5.58. The zero-order valence-corrected chi connectivity index (χ0v) is 13.8. The fraction of sp³-hybridized carbons (Fsp3) is 0.429. The Bertz CT molecular complexity index is 905. The van der Waals surface area contributed by atoms with Crippen LogP contribution in [-0.2, 0) is 11.8 Å². The van der Waals surface area contributed by atoms with Crippen molar-refractivity contribution in [2.75, 3.05) is 12.3 Å². The second-order valence-corrected chi connectivity index (χ2v) is 5.70. The van der Waals surface area contributed by atoms with E-state index in [2.05, 4.69) is 19.9 Å². The number of aliphatic hydroxyl groups excluding tert-OH is 3. The van der Waals surface area contributed by atoms with E-state index in [0.29, 0.717) is 0 Å². The van der Waals surface area contributed by atoms with E-state index < -0.39 is 36.7 Å². The van der Waals surface area contributed by atoms with Crippen molar-refractivity contribution in [1.29, 1.82) is 0 Å². The summed E-state index contributed by atoms with van der Waals surface area (Å²) >= 11 is 0. The Morgan fingerprint density at radius 2 is 2.23 bits per heavy atom. The number of rotatable bonds is 2. The Labute approximate surface area is 146 Å². The average molecular weight is 365 g/mol. The van der Waals surface area contributed by atoms with Gasteiger partial charge in [0.25, 0.3) is 11.5 Å². The minimum Gasteiger partial charge on any atom is -0.450 e. The van der Waals surface area contributed by atoms with E-state index in [4.69, 9.17) is 15.6 Å². The largest absolute Gasteiger partial charge is 0.450 e. The van der Waals surface area contributed by atoms with Gasteiger partial charge >= 0.3 is 5.65 Å². The summed E-state index contributed by atoms with van der Waals surface area (Å²) in [5, 5.41) is 29.0. The zero-order chi connectivity index (χ0) is 18.8. The van der Waals surface area contributed by atoms with Gasteiger partial charge in [-0.05, 0) is 0 Å². The molecule has 4 atom stereocenters. The minimum absolute atomic E-state index is 0.0702. The molecule has 4 heterocycles. The molecule has 3 aromatic rings. The van der Waals surface area contributed by atoms with Gasteiger partial charge < -0.3 is 35.8 Å². The van der Waals surface area contributed by atoms with Crippen LogP contribution in [0.25, 0.3) is 11.2 Å². The third-order valence-electron chi connectivity index (χ3n) is 3.95. The highest BCUT2D eigenvalue weighted by molar-refractivity contribution is 5.67. The van der Waals surface area contributed by atoms with E-state index >= 15 is 0 Å². The number of aliphatic hydroxyl groups is 3. The first-order chi connectivity index (χ1) is 12.4. The molecule has 1 saturated heterocycles. The molecule has 4 rings (SSSR count). The van der Waals surface area contributed by atoms with Gasteiger partial charge in [-0.25, -0.2) is 4.57 Å². The third-order valence-corrected chi connectivity index (χ3v) is 3.95. The molecule has 3 aromatic heterocycles. The normalized spacial score (nSPS) is 25.2. The van der Waals surface area contributed by atoms with E-state index in [9.17, 15) is 15.0 Å². The van der Waals surface area contributed by atoms with Crippen LogP contribution in [-0.4, -0.2) is 59.8 Å².